The molecular weight excluding hydrogens is 370 g/mol. The second-order valence-corrected chi connectivity index (χ2v) is 7.06. The van der Waals surface area contributed by atoms with E-state index >= 15 is 0 Å². The highest BCUT2D eigenvalue weighted by atomic mass is 32.1. The molecule has 3 heterocycles. The number of aromatic nitrogens is 2. The van der Waals surface area contributed by atoms with Crippen molar-refractivity contribution in [1.82, 2.24) is 10.1 Å². The van der Waals surface area contributed by atoms with Crippen LogP contribution in [0.2, 0.25) is 0 Å². The summed E-state index contributed by atoms with van der Waals surface area (Å²) >= 11 is 1.20. The maximum atomic E-state index is 12.9. The van der Waals surface area contributed by atoms with E-state index in [9.17, 15) is 14.4 Å². The highest BCUT2D eigenvalue weighted by Crippen LogP contribution is 2.33. The van der Waals surface area contributed by atoms with Gasteiger partial charge in [-0.2, -0.15) is 0 Å². The molecule has 0 radical (unpaired) electrons. The predicted octanol–water partition coefficient (Wildman–Crippen LogP) is 2.79. The van der Waals surface area contributed by atoms with Gasteiger partial charge in [0.2, 0.25) is 11.5 Å². The van der Waals surface area contributed by atoms with E-state index in [0.717, 1.165) is 9.91 Å². The Morgan fingerprint density at radius 1 is 1.15 bits per heavy atom. The standard InChI is InChI=1S/C18H13N3O5S/c1-8-16(27-9(2)19-8)14(22)13-12-15(26-20-13)18(24)21(17(12)23)10-4-6-11(25-3)7-5-10/h4-7H,1-3H3. The number of hydrogen-bond donors (Lipinski definition) is 0. The number of benzene rings is 1. The number of ketones is 1. The topological polar surface area (TPSA) is 103 Å². The van der Waals surface area contributed by atoms with Crippen LogP contribution in [0.3, 0.4) is 0 Å². The van der Waals surface area contributed by atoms with Crippen molar-refractivity contribution >= 4 is 34.6 Å². The smallest absolute Gasteiger partial charge is 0.304 e. The van der Waals surface area contributed by atoms with E-state index in [4.69, 9.17) is 9.26 Å². The number of methoxy groups -OCH3 is 1. The molecule has 8 nitrogen and oxygen atoms in total. The first-order chi connectivity index (χ1) is 12.9. The zero-order valence-electron chi connectivity index (χ0n) is 14.6. The highest BCUT2D eigenvalue weighted by molar-refractivity contribution is 7.14. The van der Waals surface area contributed by atoms with E-state index < -0.39 is 17.6 Å². The number of carbonyl (C=O) groups is 3. The molecule has 1 aliphatic rings. The quantitative estimate of drug-likeness (QED) is 0.504. The molecule has 1 aliphatic heterocycles. The number of rotatable bonds is 4. The number of imide groups is 1. The van der Waals surface area contributed by atoms with Gasteiger partial charge in [-0.25, -0.2) is 9.88 Å². The van der Waals surface area contributed by atoms with Gasteiger partial charge >= 0.3 is 5.91 Å². The Morgan fingerprint density at radius 3 is 2.44 bits per heavy atom. The number of thiazole rings is 1. The number of hydrogen-bond acceptors (Lipinski definition) is 8. The molecule has 0 atom stereocenters. The SMILES string of the molecule is COc1ccc(N2C(=O)c3onc(C(=O)c4sc(C)nc4C)c3C2=O)cc1. The van der Waals surface area contributed by atoms with E-state index in [1.54, 1.807) is 38.1 Å². The first-order valence-electron chi connectivity index (χ1n) is 7.93. The molecule has 136 valence electrons. The van der Waals surface area contributed by atoms with Crippen LogP contribution in [-0.2, 0) is 0 Å². The fourth-order valence-corrected chi connectivity index (χ4v) is 3.77. The van der Waals surface area contributed by atoms with Crippen LogP contribution in [0, 0.1) is 13.8 Å². The molecule has 0 saturated carbocycles. The third kappa shape index (κ3) is 2.55. The minimum Gasteiger partial charge on any atom is -0.497 e. The number of fused-ring (bicyclic) bond motifs is 1. The number of aryl methyl sites for hydroxylation is 2. The van der Waals surface area contributed by atoms with Crippen LogP contribution in [0.5, 0.6) is 5.75 Å². The van der Waals surface area contributed by atoms with Crippen molar-refractivity contribution in [1.29, 1.82) is 0 Å². The monoisotopic (exact) mass is 383 g/mol. The van der Waals surface area contributed by atoms with E-state index in [0.29, 0.717) is 22.0 Å². The van der Waals surface area contributed by atoms with Crippen molar-refractivity contribution in [2.45, 2.75) is 13.8 Å². The molecular formula is C18H13N3O5S. The van der Waals surface area contributed by atoms with Crippen LogP contribution in [0.4, 0.5) is 5.69 Å². The highest BCUT2D eigenvalue weighted by Gasteiger charge is 2.45. The molecule has 4 rings (SSSR count). The van der Waals surface area contributed by atoms with E-state index in [2.05, 4.69) is 10.1 Å². The van der Waals surface area contributed by atoms with E-state index in [1.165, 1.54) is 18.4 Å². The molecule has 0 unspecified atom stereocenters. The lowest BCUT2D eigenvalue weighted by Crippen LogP contribution is -2.30. The van der Waals surface area contributed by atoms with Crippen LogP contribution in [0.25, 0.3) is 0 Å². The lowest BCUT2D eigenvalue weighted by molar-refractivity contribution is 0.0900. The Labute approximate surface area is 157 Å². The molecule has 0 N–H and O–H groups in total. The van der Waals surface area contributed by atoms with Crippen molar-refractivity contribution in [3.63, 3.8) is 0 Å². The lowest BCUT2D eigenvalue weighted by atomic mass is 10.1. The average Bonchev–Trinajstić information content (AvgIpc) is 3.30. The summed E-state index contributed by atoms with van der Waals surface area (Å²) < 4.78 is 10.1. The first kappa shape index (κ1) is 17.1. The fourth-order valence-electron chi connectivity index (χ4n) is 2.91. The van der Waals surface area contributed by atoms with Gasteiger partial charge in [0.1, 0.15) is 11.3 Å². The first-order valence-corrected chi connectivity index (χ1v) is 8.75. The van der Waals surface area contributed by atoms with Crippen molar-refractivity contribution < 1.29 is 23.6 Å². The Hall–Kier alpha value is -3.33. The molecule has 1 aromatic carbocycles. The minimum absolute atomic E-state index is 0.119. The van der Waals surface area contributed by atoms with Gasteiger partial charge in [0, 0.05) is 0 Å². The Balaban J connectivity index is 1.74. The summed E-state index contributed by atoms with van der Waals surface area (Å²) in [6, 6.07) is 6.41. The molecule has 0 spiro atoms. The largest absolute Gasteiger partial charge is 0.497 e. The van der Waals surface area contributed by atoms with Gasteiger partial charge in [-0.15, -0.1) is 11.3 Å². The van der Waals surface area contributed by atoms with Gasteiger partial charge < -0.3 is 9.26 Å². The molecule has 0 saturated heterocycles. The lowest BCUT2D eigenvalue weighted by Gasteiger charge is -2.14. The molecule has 9 heteroatoms. The zero-order chi connectivity index (χ0) is 19.3. The number of nitrogens with zero attached hydrogens (tertiary/aromatic N) is 3. The molecule has 27 heavy (non-hydrogen) atoms. The summed E-state index contributed by atoms with van der Waals surface area (Å²) in [5, 5.41) is 4.41. The van der Waals surface area contributed by atoms with Crippen molar-refractivity contribution in [3.8, 4) is 5.75 Å². The second kappa shape index (κ2) is 6.13. The molecule has 2 aromatic heterocycles. The van der Waals surface area contributed by atoms with Crippen LogP contribution in [0.1, 0.15) is 47.0 Å². The normalized spacial score (nSPS) is 13.2. The van der Waals surface area contributed by atoms with Crippen LogP contribution in [-0.4, -0.2) is 34.8 Å². The number of amides is 2. The van der Waals surface area contributed by atoms with Crippen molar-refractivity contribution in [2.24, 2.45) is 0 Å². The van der Waals surface area contributed by atoms with Crippen molar-refractivity contribution in [3.05, 3.63) is 56.9 Å². The van der Waals surface area contributed by atoms with Gasteiger partial charge in [-0.1, -0.05) is 5.16 Å². The summed E-state index contributed by atoms with van der Waals surface area (Å²) in [6.07, 6.45) is 0. The van der Waals surface area contributed by atoms with Crippen LogP contribution >= 0.6 is 11.3 Å². The fraction of sp³-hybridized carbons (Fsp3) is 0.167. The molecule has 3 aromatic rings. The molecule has 0 aliphatic carbocycles. The van der Waals surface area contributed by atoms with E-state index in [-0.39, 0.29) is 17.0 Å². The average molecular weight is 383 g/mol. The van der Waals surface area contributed by atoms with E-state index in [1.807, 2.05) is 0 Å². The summed E-state index contributed by atoms with van der Waals surface area (Å²) in [5.41, 5.74) is 0.598. The van der Waals surface area contributed by atoms with Gasteiger partial charge in [0.05, 0.1) is 28.4 Å². The zero-order valence-corrected chi connectivity index (χ0v) is 15.4. The van der Waals surface area contributed by atoms with Crippen molar-refractivity contribution in [2.75, 3.05) is 12.0 Å². The number of anilines is 1. The summed E-state index contributed by atoms with van der Waals surface area (Å²) in [5.74, 6) is -1.45. The molecule has 0 bridgehead atoms. The maximum absolute atomic E-state index is 12.9. The Bertz CT molecular complexity index is 1100. The van der Waals surface area contributed by atoms with Gasteiger partial charge in [-0.05, 0) is 38.1 Å². The van der Waals surface area contributed by atoms with Gasteiger partial charge in [0.25, 0.3) is 5.91 Å². The Kier molecular flexibility index (Phi) is 3.88. The summed E-state index contributed by atoms with van der Waals surface area (Å²) in [7, 11) is 1.52. The molecule has 0 fully saturated rings. The second-order valence-electron chi connectivity index (χ2n) is 5.86. The third-order valence-corrected chi connectivity index (χ3v) is 5.23. The Morgan fingerprint density at radius 2 is 1.85 bits per heavy atom. The molecule has 2 amide bonds. The number of carbonyl (C=O) groups excluding carboxylic acids is 3. The maximum Gasteiger partial charge on any atom is 0.304 e. The van der Waals surface area contributed by atoms with Crippen LogP contribution in [0.15, 0.2) is 28.8 Å². The predicted molar refractivity (Wildman–Crippen MR) is 95.7 cm³/mol. The van der Waals surface area contributed by atoms with Gasteiger partial charge in [-0.3, -0.25) is 14.4 Å². The van der Waals surface area contributed by atoms with Gasteiger partial charge in [0.15, 0.2) is 5.69 Å². The summed E-state index contributed by atoms with van der Waals surface area (Å²) in [6.45, 7) is 3.48. The summed E-state index contributed by atoms with van der Waals surface area (Å²) in [4.78, 5) is 43.9. The number of ether oxygens (including phenoxy) is 1. The van der Waals surface area contributed by atoms with Crippen LogP contribution < -0.4 is 9.64 Å². The minimum atomic E-state index is -0.663. The third-order valence-electron chi connectivity index (χ3n) is 4.16.